The van der Waals surface area contributed by atoms with Crippen molar-refractivity contribution in [1.29, 1.82) is 0 Å². The molecule has 0 radical (unpaired) electrons. The minimum atomic E-state index is -0.301. The van der Waals surface area contributed by atoms with Crippen molar-refractivity contribution in [3.8, 4) is 11.8 Å². The van der Waals surface area contributed by atoms with Crippen LogP contribution in [0.3, 0.4) is 0 Å². The van der Waals surface area contributed by atoms with E-state index >= 15 is 0 Å². The van der Waals surface area contributed by atoms with Gasteiger partial charge in [0.25, 0.3) is 5.91 Å². The predicted molar refractivity (Wildman–Crippen MR) is 80.0 cm³/mol. The molecule has 0 aliphatic rings. The first-order chi connectivity index (χ1) is 10.2. The number of aliphatic hydroxyl groups excluding tert-OH is 1. The molecule has 1 amide bonds. The number of aromatic nitrogens is 1. The summed E-state index contributed by atoms with van der Waals surface area (Å²) in [5, 5.41) is 11.4. The number of hydrogen-bond donors (Lipinski definition) is 3. The van der Waals surface area contributed by atoms with Crippen LogP contribution >= 0.6 is 0 Å². The molecule has 0 saturated carbocycles. The Labute approximate surface area is 121 Å². The fraction of sp³-hybridized carbons (Fsp3) is 0.125. The van der Waals surface area contributed by atoms with Gasteiger partial charge < -0.3 is 15.4 Å². The summed E-state index contributed by atoms with van der Waals surface area (Å²) in [5.74, 6) is 5.42. The average molecular weight is 282 g/mol. The zero-order valence-corrected chi connectivity index (χ0v) is 11.2. The van der Waals surface area contributed by atoms with Gasteiger partial charge in [0.2, 0.25) is 5.56 Å². The maximum absolute atomic E-state index is 11.9. The van der Waals surface area contributed by atoms with Gasteiger partial charge in [0.1, 0.15) is 0 Å². The van der Waals surface area contributed by atoms with Gasteiger partial charge in [-0.05, 0) is 30.3 Å². The number of anilines is 1. The number of benzene rings is 1. The van der Waals surface area contributed by atoms with Crippen molar-refractivity contribution in [2.45, 2.75) is 6.42 Å². The van der Waals surface area contributed by atoms with Gasteiger partial charge in [-0.1, -0.05) is 11.8 Å². The Hall–Kier alpha value is -2.84. The average Bonchev–Trinajstić information content (AvgIpc) is 2.50. The second kappa shape index (κ2) is 7.08. The Bertz CT molecular complexity index is 716. The minimum absolute atomic E-state index is 0.0420. The van der Waals surface area contributed by atoms with Gasteiger partial charge in [0.15, 0.2) is 0 Å². The third-order valence-corrected chi connectivity index (χ3v) is 2.66. The number of H-pyrrole nitrogens is 1. The van der Waals surface area contributed by atoms with Gasteiger partial charge in [0, 0.05) is 29.9 Å². The topological polar surface area (TPSA) is 82.2 Å². The van der Waals surface area contributed by atoms with E-state index in [1.807, 2.05) is 0 Å². The summed E-state index contributed by atoms with van der Waals surface area (Å²) in [7, 11) is 0. The summed E-state index contributed by atoms with van der Waals surface area (Å²) >= 11 is 0. The fourth-order valence-corrected chi connectivity index (χ4v) is 1.61. The van der Waals surface area contributed by atoms with E-state index in [0.29, 0.717) is 17.7 Å². The molecular formula is C16H14N2O3. The number of amides is 1. The Kier molecular flexibility index (Phi) is 4.91. The highest BCUT2D eigenvalue weighted by atomic mass is 16.2. The second-order valence-electron chi connectivity index (χ2n) is 4.25. The SMILES string of the molecule is O=C(Nc1ccc(C#CCCO)cc1)c1ccc(=O)[nH]c1. The lowest BCUT2D eigenvalue weighted by Crippen LogP contribution is -2.14. The second-order valence-corrected chi connectivity index (χ2v) is 4.25. The van der Waals surface area contributed by atoms with E-state index in [2.05, 4.69) is 22.1 Å². The van der Waals surface area contributed by atoms with Gasteiger partial charge in [-0.15, -0.1) is 0 Å². The van der Waals surface area contributed by atoms with Gasteiger partial charge in [0.05, 0.1) is 12.2 Å². The number of aliphatic hydroxyl groups is 1. The molecule has 1 heterocycles. The van der Waals surface area contributed by atoms with Crippen molar-refractivity contribution < 1.29 is 9.90 Å². The molecule has 2 rings (SSSR count). The normalized spacial score (nSPS) is 9.57. The molecule has 0 atom stereocenters. The van der Waals surface area contributed by atoms with Gasteiger partial charge in [-0.25, -0.2) is 0 Å². The van der Waals surface area contributed by atoms with Crippen LogP contribution in [0, 0.1) is 11.8 Å². The number of aromatic amines is 1. The van der Waals surface area contributed by atoms with Crippen molar-refractivity contribution >= 4 is 11.6 Å². The number of carbonyl (C=O) groups excluding carboxylic acids is 1. The lowest BCUT2D eigenvalue weighted by atomic mass is 10.2. The summed E-state index contributed by atoms with van der Waals surface area (Å²) in [6, 6.07) is 9.82. The van der Waals surface area contributed by atoms with Crippen LogP contribution < -0.4 is 10.9 Å². The molecule has 0 spiro atoms. The summed E-state index contributed by atoms with van der Waals surface area (Å²) in [5.41, 5.74) is 1.57. The largest absolute Gasteiger partial charge is 0.395 e. The molecule has 1 aromatic heterocycles. The maximum atomic E-state index is 11.9. The Balaban J connectivity index is 2.03. The lowest BCUT2D eigenvalue weighted by Gasteiger charge is -2.04. The lowest BCUT2D eigenvalue weighted by molar-refractivity contribution is 0.102. The van der Waals surface area contributed by atoms with Crippen molar-refractivity contribution in [3.05, 3.63) is 64.1 Å². The molecule has 0 aliphatic heterocycles. The van der Waals surface area contributed by atoms with Crippen molar-refractivity contribution in [2.24, 2.45) is 0 Å². The Morgan fingerprint density at radius 3 is 2.57 bits per heavy atom. The highest BCUT2D eigenvalue weighted by Crippen LogP contribution is 2.10. The predicted octanol–water partition coefficient (Wildman–Crippen LogP) is 1.36. The number of carbonyl (C=O) groups is 1. The van der Waals surface area contributed by atoms with E-state index < -0.39 is 0 Å². The standard InChI is InChI=1S/C16H14N2O3/c19-10-2-1-3-12-4-7-14(8-5-12)18-16(21)13-6-9-15(20)17-11-13/h4-9,11,19H,2,10H2,(H,17,20)(H,18,21). The van der Waals surface area contributed by atoms with E-state index in [-0.39, 0.29) is 18.1 Å². The zero-order valence-electron chi connectivity index (χ0n) is 11.2. The molecule has 2 aromatic rings. The monoisotopic (exact) mass is 282 g/mol. The smallest absolute Gasteiger partial charge is 0.257 e. The molecule has 0 unspecified atom stereocenters. The van der Waals surface area contributed by atoms with Crippen LogP contribution in [0.2, 0.25) is 0 Å². The van der Waals surface area contributed by atoms with Crippen LogP contribution in [-0.4, -0.2) is 22.6 Å². The van der Waals surface area contributed by atoms with Crippen molar-refractivity contribution in [1.82, 2.24) is 4.98 Å². The van der Waals surface area contributed by atoms with Crippen LogP contribution in [0.25, 0.3) is 0 Å². The van der Waals surface area contributed by atoms with Crippen LogP contribution in [-0.2, 0) is 0 Å². The number of hydrogen-bond acceptors (Lipinski definition) is 3. The maximum Gasteiger partial charge on any atom is 0.257 e. The first-order valence-corrected chi connectivity index (χ1v) is 6.39. The fourth-order valence-electron chi connectivity index (χ4n) is 1.61. The molecule has 0 fully saturated rings. The molecule has 1 aromatic carbocycles. The Morgan fingerprint density at radius 1 is 1.19 bits per heavy atom. The number of rotatable bonds is 3. The Morgan fingerprint density at radius 2 is 1.95 bits per heavy atom. The van der Waals surface area contributed by atoms with Crippen LogP contribution in [0.15, 0.2) is 47.4 Å². The van der Waals surface area contributed by atoms with E-state index in [4.69, 9.17) is 5.11 Å². The summed E-state index contributed by atoms with van der Waals surface area (Å²) in [6.45, 7) is 0.0420. The number of nitrogens with one attached hydrogen (secondary N) is 2. The molecule has 0 bridgehead atoms. The van der Waals surface area contributed by atoms with E-state index in [9.17, 15) is 9.59 Å². The third kappa shape index (κ3) is 4.34. The summed E-state index contributed by atoms with van der Waals surface area (Å²) < 4.78 is 0. The third-order valence-electron chi connectivity index (χ3n) is 2.66. The van der Waals surface area contributed by atoms with Gasteiger partial charge >= 0.3 is 0 Å². The first-order valence-electron chi connectivity index (χ1n) is 6.39. The molecule has 21 heavy (non-hydrogen) atoms. The van der Waals surface area contributed by atoms with Gasteiger partial charge in [-0.2, -0.15) is 0 Å². The van der Waals surface area contributed by atoms with E-state index in [0.717, 1.165) is 5.56 Å². The highest BCUT2D eigenvalue weighted by molar-refractivity contribution is 6.04. The molecule has 0 aliphatic carbocycles. The molecular weight excluding hydrogens is 268 g/mol. The molecule has 106 valence electrons. The molecule has 0 saturated heterocycles. The van der Waals surface area contributed by atoms with Crippen LogP contribution in [0.5, 0.6) is 0 Å². The minimum Gasteiger partial charge on any atom is -0.395 e. The summed E-state index contributed by atoms with van der Waals surface area (Å²) in [4.78, 5) is 25.3. The van der Waals surface area contributed by atoms with E-state index in [1.54, 1.807) is 24.3 Å². The van der Waals surface area contributed by atoms with Crippen LogP contribution in [0.4, 0.5) is 5.69 Å². The first kappa shape index (κ1) is 14.6. The summed E-state index contributed by atoms with van der Waals surface area (Å²) in [6.07, 6.45) is 1.80. The van der Waals surface area contributed by atoms with Crippen molar-refractivity contribution in [2.75, 3.05) is 11.9 Å². The van der Waals surface area contributed by atoms with Crippen molar-refractivity contribution in [3.63, 3.8) is 0 Å². The molecule has 3 N–H and O–H groups in total. The van der Waals surface area contributed by atoms with Crippen LogP contribution in [0.1, 0.15) is 22.3 Å². The quantitative estimate of drug-likeness (QED) is 0.743. The van der Waals surface area contributed by atoms with Gasteiger partial charge in [-0.3, -0.25) is 9.59 Å². The zero-order chi connectivity index (χ0) is 15.1. The molecule has 5 heteroatoms. The number of pyridine rings is 1. The molecule has 5 nitrogen and oxygen atoms in total. The highest BCUT2D eigenvalue weighted by Gasteiger charge is 2.05. The van der Waals surface area contributed by atoms with E-state index in [1.165, 1.54) is 18.3 Å².